The van der Waals surface area contributed by atoms with E-state index in [0.717, 1.165) is 25.2 Å². The molecule has 1 N–H and O–H groups in total. The van der Waals surface area contributed by atoms with E-state index < -0.39 is 0 Å². The summed E-state index contributed by atoms with van der Waals surface area (Å²) in [6, 6.07) is 10.0. The SMILES string of the molecule is CCn1c(=O)n(CC)c2nc(NC(=O)CCC(=O)N3CCN(Cc4ccc(C)cc4C)CC3)ccc21. The van der Waals surface area contributed by atoms with Gasteiger partial charge in [-0.2, -0.15) is 0 Å². The van der Waals surface area contributed by atoms with Crippen molar-refractivity contribution in [3.05, 3.63) is 57.5 Å². The summed E-state index contributed by atoms with van der Waals surface area (Å²) < 4.78 is 3.26. The number of aryl methyl sites for hydroxylation is 4. The van der Waals surface area contributed by atoms with Crippen LogP contribution in [0.25, 0.3) is 11.2 Å². The number of hydrogen-bond acceptors (Lipinski definition) is 5. The van der Waals surface area contributed by atoms with Gasteiger partial charge in [-0.15, -0.1) is 0 Å². The van der Waals surface area contributed by atoms with Crippen molar-refractivity contribution in [2.45, 2.75) is 60.2 Å². The highest BCUT2D eigenvalue weighted by molar-refractivity contribution is 5.93. The van der Waals surface area contributed by atoms with Crippen molar-refractivity contribution in [2.24, 2.45) is 0 Å². The van der Waals surface area contributed by atoms with E-state index in [2.05, 4.69) is 47.2 Å². The van der Waals surface area contributed by atoms with Crippen LogP contribution in [0.4, 0.5) is 5.82 Å². The van der Waals surface area contributed by atoms with Gasteiger partial charge < -0.3 is 10.2 Å². The number of fused-ring (bicyclic) bond motifs is 1. The van der Waals surface area contributed by atoms with Crippen LogP contribution in [0.3, 0.4) is 0 Å². The number of nitrogens with zero attached hydrogens (tertiary/aromatic N) is 5. The van der Waals surface area contributed by atoms with Gasteiger partial charge >= 0.3 is 5.69 Å². The Morgan fingerprint density at radius 3 is 2.33 bits per heavy atom. The molecule has 1 aliphatic heterocycles. The van der Waals surface area contributed by atoms with Crippen molar-refractivity contribution >= 4 is 28.8 Å². The molecule has 9 heteroatoms. The van der Waals surface area contributed by atoms with Gasteiger partial charge in [0.05, 0.1) is 5.52 Å². The molecule has 9 nitrogen and oxygen atoms in total. The fraction of sp³-hybridized carbons (Fsp3) is 0.481. The third-order valence-corrected chi connectivity index (χ3v) is 6.95. The van der Waals surface area contributed by atoms with Gasteiger partial charge in [0.25, 0.3) is 0 Å². The number of pyridine rings is 1. The zero-order valence-corrected chi connectivity index (χ0v) is 21.7. The summed E-state index contributed by atoms with van der Waals surface area (Å²) in [5, 5.41) is 2.78. The molecule has 192 valence electrons. The van der Waals surface area contributed by atoms with Crippen molar-refractivity contribution in [2.75, 3.05) is 31.5 Å². The maximum absolute atomic E-state index is 12.7. The molecule has 2 aromatic heterocycles. The summed E-state index contributed by atoms with van der Waals surface area (Å²) in [5.74, 6) is 0.124. The van der Waals surface area contributed by atoms with Crippen LogP contribution in [0.5, 0.6) is 0 Å². The number of amides is 2. The first-order valence-corrected chi connectivity index (χ1v) is 12.8. The summed E-state index contributed by atoms with van der Waals surface area (Å²) in [6.07, 6.45) is 0.259. The number of aromatic nitrogens is 3. The van der Waals surface area contributed by atoms with Crippen LogP contribution in [0, 0.1) is 13.8 Å². The molecular formula is C27H36N6O3. The van der Waals surface area contributed by atoms with E-state index in [0.29, 0.717) is 37.6 Å². The third-order valence-electron chi connectivity index (χ3n) is 6.95. The number of carbonyl (C=O) groups is 2. The number of benzene rings is 1. The first kappa shape index (κ1) is 25.6. The minimum atomic E-state index is -0.260. The summed E-state index contributed by atoms with van der Waals surface area (Å²) in [4.78, 5) is 46.5. The zero-order chi connectivity index (χ0) is 25.8. The van der Waals surface area contributed by atoms with Crippen molar-refractivity contribution in [1.82, 2.24) is 23.9 Å². The normalized spacial score (nSPS) is 14.4. The second-order valence-corrected chi connectivity index (χ2v) is 9.45. The molecule has 0 bridgehead atoms. The van der Waals surface area contributed by atoms with Gasteiger partial charge in [-0.05, 0) is 51.0 Å². The van der Waals surface area contributed by atoms with Crippen molar-refractivity contribution in [1.29, 1.82) is 0 Å². The molecule has 1 fully saturated rings. The highest BCUT2D eigenvalue weighted by atomic mass is 16.2. The minimum Gasteiger partial charge on any atom is -0.340 e. The number of nitrogens with one attached hydrogen (secondary N) is 1. The summed E-state index contributed by atoms with van der Waals surface area (Å²) >= 11 is 0. The fourth-order valence-electron chi connectivity index (χ4n) is 4.85. The van der Waals surface area contributed by atoms with E-state index in [4.69, 9.17) is 0 Å². The van der Waals surface area contributed by atoms with Gasteiger partial charge in [-0.1, -0.05) is 23.8 Å². The summed E-state index contributed by atoms with van der Waals surface area (Å²) in [5.41, 5.74) is 5.08. The number of rotatable bonds is 8. The van der Waals surface area contributed by atoms with Crippen molar-refractivity contribution < 1.29 is 9.59 Å². The molecule has 0 spiro atoms. The second-order valence-electron chi connectivity index (χ2n) is 9.45. The number of hydrogen-bond donors (Lipinski definition) is 1. The van der Waals surface area contributed by atoms with Crippen molar-refractivity contribution in [3.63, 3.8) is 0 Å². The van der Waals surface area contributed by atoms with Crippen LogP contribution >= 0.6 is 0 Å². The van der Waals surface area contributed by atoms with E-state index in [-0.39, 0.29) is 30.3 Å². The number of imidazole rings is 1. The molecule has 0 aliphatic carbocycles. The molecule has 2 amide bonds. The first-order chi connectivity index (χ1) is 17.3. The van der Waals surface area contributed by atoms with Crippen LogP contribution in [-0.2, 0) is 29.2 Å². The monoisotopic (exact) mass is 492 g/mol. The molecular weight excluding hydrogens is 456 g/mol. The molecule has 3 heterocycles. The average molecular weight is 493 g/mol. The van der Waals surface area contributed by atoms with Crippen LogP contribution in [0.15, 0.2) is 35.1 Å². The van der Waals surface area contributed by atoms with Crippen LogP contribution in [0.1, 0.15) is 43.4 Å². The highest BCUT2D eigenvalue weighted by Crippen LogP contribution is 2.17. The number of piperazine rings is 1. The lowest BCUT2D eigenvalue weighted by atomic mass is 10.1. The minimum absolute atomic E-state index is 0.000397. The van der Waals surface area contributed by atoms with E-state index in [1.807, 2.05) is 18.7 Å². The molecule has 3 aromatic rings. The Labute approximate surface area is 211 Å². The molecule has 1 aromatic carbocycles. The van der Waals surface area contributed by atoms with Crippen LogP contribution in [-0.4, -0.2) is 61.9 Å². The van der Waals surface area contributed by atoms with Gasteiger partial charge in [-0.25, -0.2) is 9.78 Å². The summed E-state index contributed by atoms with van der Waals surface area (Å²) in [7, 11) is 0. The quantitative estimate of drug-likeness (QED) is 0.522. The molecule has 0 radical (unpaired) electrons. The Morgan fingerprint density at radius 1 is 0.944 bits per heavy atom. The standard InChI is InChI=1S/C27H36N6O3/c1-5-32-22-9-10-23(29-26(22)33(6-2)27(32)36)28-24(34)11-12-25(35)31-15-13-30(14-16-31)18-21-8-7-19(3)17-20(21)4/h7-10,17H,5-6,11-16,18H2,1-4H3,(H,28,29,34). The van der Waals surface area contributed by atoms with E-state index in [1.165, 1.54) is 16.7 Å². The van der Waals surface area contributed by atoms with Crippen molar-refractivity contribution in [3.8, 4) is 0 Å². The molecule has 1 saturated heterocycles. The molecule has 1 aliphatic rings. The Bertz CT molecular complexity index is 1320. The van der Waals surface area contributed by atoms with Crippen LogP contribution in [0.2, 0.25) is 0 Å². The Balaban J connectivity index is 1.27. The van der Waals surface area contributed by atoms with Gasteiger partial charge in [0.2, 0.25) is 11.8 Å². The van der Waals surface area contributed by atoms with Gasteiger partial charge in [0.15, 0.2) is 5.65 Å². The van der Waals surface area contributed by atoms with Gasteiger partial charge in [-0.3, -0.25) is 23.6 Å². The van der Waals surface area contributed by atoms with E-state index in [1.54, 1.807) is 21.3 Å². The lowest BCUT2D eigenvalue weighted by Crippen LogP contribution is -2.48. The van der Waals surface area contributed by atoms with Gasteiger partial charge in [0, 0.05) is 58.7 Å². The predicted octanol–water partition coefficient (Wildman–Crippen LogP) is 2.92. The molecule has 36 heavy (non-hydrogen) atoms. The average Bonchev–Trinajstić information content (AvgIpc) is 3.14. The topological polar surface area (TPSA) is 92.5 Å². The third kappa shape index (κ3) is 5.51. The summed E-state index contributed by atoms with van der Waals surface area (Å²) in [6.45, 7) is 13.0. The molecule has 0 atom stereocenters. The fourth-order valence-corrected chi connectivity index (χ4v) is 4.85. The van der Waals surface area contributed by atoms with E-state index in [9.17, 15) is 14.4 Å². The first-order valence-electron chi connectivity index (χ1n) is 12.8. The molecule has 4 rings (SSSR count). The maximum atomic E-state index is 12.7. The van der Waals surface area contributed by atoms with Crippen LogP contribution < -0.4 is 11.0 Å². The molecule has 0 saturated carbocycles. The Hall–Kier alpha value is -3.46. The lowest BCUT2D eigenvalue weighted by molar-refractivity contribution is -0.134. The van der Waals surface area contributed by atoms with E-state index >= 15 is 0 Å². The Morgan fingerprint density at radius 2 is 1.67 bits per heavy atom. The maximum Gasteiger partial charge on any atom is 0.330 e. The second kappa shape index (κ2) is 11.1. The lowest BCUT2D eigenvalue weighted by Gasteiger charge is -2.35. The van der Waals surface area contributed by atoms with Gasteiger partial charge in [0.1, 0.15) is 5.82 Å². The number of anilines is 1. The smallest absolute Gasteiger partial charge is 0.330 e. The predicted molar refractivity (Wildman–Crippen MR) is 141 cm³/mol. The largest absolute Gasteiger partial charge is 0.340 e. The highest BCUT2D eigenvalue weighted by Gasteiger charge is 2.22. The molecule has 0 unspecified atom stereocenters. The Kier molecular flexibility index (Phi) is 7.88. The number of carbonyl (C=O) groups excluding carboxylic acids is 2. The zero-order valence-electron chi connectivity index (χ0n) is 21.7.